The number of rotatable bonds is 5. The van der Waals surface area contributed by atoms with Crippen LogP contribution in [0.1, 0.15) is 47.2 Å². The Hall–Kier alpha value is -3.29. The van der Waals surface area contributed by atoms with Crippen molar-refractivity contribution in [3.05, 3.63) is 71.3 Å². The lowest BCUT2D eigenvalue weighted by Gasteiger charge is -2.40. The van der Waals surface area contributed by atoms with Crippen LogP contribution < -0.4 is 4.90 Å². The van der Waals surface area contributed by atoms with Gasteiger partial charge >= 0.3 is 6.18 Å². The van der Waals surface area contributed by atoms with Gasteiger partial charge in [0.05, 0.1) is 5.56 Å². The van der Waals surface area contributed by atoms with Crippen LogP contribution in [0.5, 0.6) is 0 Å². The molecule has 0 saturated carbocycles. The van der Waals surface area contributed by atoms with E-state index in [0.717, 1.165) is 56.6 Å². The Labute approximate surface area is 216 Å². The van der Waals surface area contributed by atoms with Gasteiger partial charge in [0.2, 0.25) is 5.91 Å². The second-order valence-corrected chi connectivity index (χ2v) is 10.2. The molecule has 2 saturated heterocycles. The second-order valence-electron chi connectivity index (χ2n) is 10.2. The zero-order valence-corrected chi connectivity index (χ0v) is 21.4. The van der Waals surface area contributed by atoms with E-state index in [1.54, 1.807) is 11.0 Å². The monoisotopic (exact) mass is 513 g/mol. The summed E-state index contributed by atoms with van der Waals surface area (Å²) >= 11 is 0. The fourth-order valence-corrected chi connectivity index (χ4v) is 5.34. The standard InChI is InChI=1S/C29H34F3N3O2/c1-33(2)26-9-7-24(8-10-26)28(37)35-18-14-23(15-19-35)22-12-16-34(17-13-22)27(36)11-6-21-4-3-5-25(20-21)29(30,31)32/h3-11,20,22-23H,12-19H2,1-2H3. The van der Waals surface area contributed by atoms with Crippen LogP contribution in [0.4, 0.5) is 18.9 Å². The summed E-state index contributed by atoms with van der Waals surface area (Å²) in [6, 6.07) is 12.7. The predicted octanol–water partition coefficient (Wildman–Crippen LogP) is 5.58. The number of likely N-dealkylation sites (tertiary alicyclic amines) is 2. The number of carbonyl (C=O) groups excluding carboxylic acids is 2. The quantitative estimate of drug-likeness (QED) is 0.491. The van der Waals surface area contributed by atoms with Crippen LogP contribution in [0.3, 0.4) is 0 Å². The number of alkyl halides is 3. The lowest BCUT2D eigenvalue weighted by Crippen LogP contribution is -2.43. The molecule has 2 aliphatic heterocycles. The highest BCUT2D eigenvalue weighted by atomic mass is 19.4. The maximum atomic E-state index is 12.9. The van der Waals surface area contributed by atoms with E-state index >= 15 is 0 Å². The molecule has 0 aromatic heterocycles. The molecule has 0 spiro atoms. The van der Waals surface area contributed by atoms with Crippen molar-refractivity contribution in [1.29, 1.82) is 0 Å². The molecule has 2 aromatic rings. The Bertz CT molecular complexity index is 1110. The summed E-state index contributed by atoms with van der Waals surface area (Å²) in [4.78, 5) is 31.3. The number of benzene rings is 2. The molecule has 2 amide bonds. The van der Waals surface area contributed by atoms with Gasteiger partial charge in [0.15, 0.2) is 0 Å². The first-order chi connectivity index (χ1) is 17.6. The van der Waals surface area contributed by atoms with Crippen molar-refractivity contribution >= 4 is 23.6 Å². The summed E-state index contributed by atoms with van der Waals surface area (Å²) in [6.07, 6.45) is 2.17. The number of halogens is 3. The average Bonchev–Trinajstić information content (AvgIpc) is 2.91. The van der Waals surface area contributed by atoms with Gasteiger partial charge in [0, 0.05) is 57.6 Å². The number of carbonyl (C=O) groups is 2. The minimum Gasteiger partial charge on any atom is -0.378 e. The van der Waals surface area contributed by atoms with Gasteiger partial charge in [0.1, 0.15) is 0 Å². The number of amides is 2. The highest BCUT2D eigenvalue weighted by molar-refractivity contribution is 5.94. The molecule has 2 aromatic carbocycles. The van der Waals surface area contributed by atoms with Crippen LogP contribution >= 0.6 is 0 Å². The fraction of sp³-hybridized carbons (Fsp3) is 0.448. The highest BCUT2D eigenvalue weighted by Gasteiger charge is 2.32. The number of nitrogens with zero attached hydrogens (tertiary/aromatic N) is 3. The summed E-state index contributed by atoms with van der Waals surface area (Å²) in [7, 11) is 3.94. The van der Waals surface area contributed by atoms with Crippen molar-refractivity contribution in [3.8, 4) is 0 Å². The zero-order chi connectivity index (χ0) is 26.6. The summed E-state index contributed by atoms with van der Waals surface area (Å²) in [5.41, 5.74) is 1.41. The van der Waals surface area contributed by atoms with Crippen molar-refractivity contribution in [2.75, 3.05) is 45.2 Å². The Morgan fingerprint density at radius 1 is 0.865 bits per heavy atom. The normalized spacial score (nSPS) is 17.9. The molecule has 2 fully saturated rings. The van der Waals surface area contributed by atoms with Crippen molar-refractivity contribution in [2.45, 2.75) is 31.9 Å². The van der Waals surface area contributed by atoms with Gasteiger partial charge in [0.25, 0.3) is 5.91 Å². The van der Waals surface area contributed by atoms with Gasteiger partial charge in [-0.2, -0.15) is 13.2 Å². The van der Waals surface area contributed by atoms with E-state index < -0.39 is 11.7 Å². The lowest BCUT2D eigenvalue weighted by molar-refractivity contribution is -0.137. The minimum absolute atomic E-state index is 0.0803. The van der Waals surface area contributed by atoms with Crippen molar-refractivity contribution in [3.63, 3.8) is 0 Å². The predicted molar refractivity (Wildman–Crippen MR) is 139 cm³/mol. The molecule has 198 valence electrons. The van der Waals surface area contributed by atoms with Crippen LogP contribution in [0.2, 0.25) is 0 Å². The van der Waals surface area contributed by atoms with E-state index in [1.165, 1.54) is 18.2 Å². The Balaban J connectivity index is 1.23. The van der Waals surface area contributed by atoms with E-state index in [2.05, 4.69) is 0 Å². The first kappa shape index (κ1) is 26.8. The highest BCUT2D eigenvalue weighted by Crippen LogP contribution is 2.33. The SMILES string of the molecule is CN(C)c1ccc(C(=O)N2CCC(C3CCN(C(=O)C=Cc4cccc(C(F)(F)F)c4)CC3)CC2)cc1. The minimum atomic E-state index is -4.41. The molecular formula is C29H34F3N3O2. The second kappa shape index (κ2) is 11.4. The summed E-state index contributed by atoms with van der Waals surface area (Å²) in [5, 5.41) is 0. The Kier molecular flexibility index (Phi) is 8.25. The van der Waals surface area contributed by atoms with E-state index in [1.807, 2.05) is 48.2 Å². The van der Waals surface area contributed by atoms with Crippen LogP contribution in [0.25, 0.3) is 6.08 Å². The Morgan fingerprint density at radius 2 is 1.43 bits per heavy atom. The first-order valence-electron chi connectivity index (χ1n) is 12.8. The van der Waals surface area contributed by atoms with Gasteiger partial charge in [-0.25, -0.2) is 0 Å². The van der Waals surface area contributed by atoms with Gasteiger partial charge in [-0.05, 0) is 85.6 Å². The molecule has 2 aliphatic rings. The molecule has 4 rings (SSSR count). The smallest absolute Gasteiger partial charge is 0.378 e. The summed E-state index contributed by atoms with van der Waals surface area (Å²) in [6.45, 7) is 2.79. The molecule has 37 heavy (non-hydrogen) atoms. The van der Waals surface area contributed by atoms with E-state index in [4.69, 9.17) is 0 Å². The fourth-order valence-electron chi connectivity index (χ4n) is 5.34. The van der Waals surface area contributed by atoms with Gasteiger partial charge in [-0.3, -0.25) is 9.59 Å². The van der Waals surface area contributed by atoms with Crippen LogP contribution in [0.15, 0.2) is 54.6 Å². The lowest BCUT2D eigenvalue weighted by atomic mass is 9.78. The summed E-state index contributed by atoms with van der Waals surface area (Å²) in [5.74, 6) is 0.972. The maximum Gasteiger partial charge on any atom is 0.416 e. The molecule has 0 bridgehead atoms. The largest absolute Gasteiger partial charge is 0.416 e. The number of hydrogen-bond acceptors (Lipinski definition) is 3. The van der Waals surface area contributed by atoms with E-state index in [9.17, 15) is 22.8 Å². The van der Waals surface area contributed by atoms with Crippen molar-refractivity contribution in [1.82, 2.24) is 9.80 Å². The molecule has 0 aliphatic carbocycles. The van der Waals surface area contributed by atoms with Crippen LogP contribution in [-0.2, 0) is 11.0 Å². The average molecular weight is 514 g/mol. The van der Waals surface area contributed by atoms with Crippen LogP contribution in [0, 0.1) is 11.8 Å². The third-order valence-electron chi connectivity index (χ3n) is 7.61. The van der Waals surface area contributed by atoms with Gasteiger partial charge < -0.3 is 14.7 Å². The molecule has 2 heterocycles. The van der Waals surface area contributed by atoms with Crippen molar-refractivity contribution in [2.24, 2.45) is 11.8 Å². The number of piperidine rings is 2. The molecular weight excluding hydrogens is 479 g/mol. The van der Waals surface area contributed by atoms with Crippen molar-refractivity contribution < 1.29 is 22.8 Å². The molecule has 8 heteroatoms. The molecule has 0 atom stereocenters. The van der Waals surface area contributed by atoms with E-state index in [0.29, 0.717) is 36.1 Å². The van der Waals surface area contributed by atoms with Gasteiger partial charge in [-0.15, -0.1) is 0 Å². The third kappa shape index (κ3) is 6.73. The topological polar surface area (TPSA) is 43.9 Å². The van der Waals surface area contributed by atoms with Crippen LogP contribution in [-0.4, -0.2) is 61.9 Å². The zero-order valence-electron chi connectivity index (χ0n) is 21.4. The first-order valence-corrected chi connectivity index (χ1v) is 12.8. The van der Waals surface area contributed by atoms with E-state index in [-0.39, 0.29) is 11.8 Å². The molecule has 5 nitrogen and oxygen atoms in total. The number of hydrogen-bond donors (Lipinski definition) is 0. The Morgan fingerprint density at radius 3 is 1.97 bits per heavy atom. The molecule has 0 radical (unpaired) electrons. The molecule has 0 N–H and O–H groups in total. The molecule has 0 unspecified atom stereocenters. The summed E-state index contributed by atoms with van der Waals surface area (Å²) < 4.78 is 38.7. The van der Waals surface area contributed by atoms with Gasteiger partial charge in [-0.1, -0.05) is 12.1 Å². The number of anilines is 1. The maximum absolute atomic E-state index is 12.9. The third-order valence-corrected chi connectivity index (χ3v) is 7.61.